The Morgan fingerprint density at radius 3 is 2.47 bits per heavy atom. The number of hydrogen-bond donors (Lipinski definition) is 4. The highest BCUT2D eigenvalue weighted by molar-refractivity contribution is 7.89. The van der Waals surface area contributed by atoms with Crippen molar-refractivity contribution < 1.29 is 23.1 Å². The summed E-state index contributed by atoms with van der Waals surface area (Å²) in [5.74, 6) is 0. The molecule has 9 heteroatoms. The lowest BCUT2D eigenvalue weighted by atomic mass is 9.95. The van der Waals surface area contributed by atoms with E-state index in [9.17, 15) is 18.3 Å². The number of carbonyl (C=O) groups is 1. The number of aliphatic hydroxyl groups excluding tert-OH is 1. The average molecular weight is 440 g/mol. The Balaban J connectivity index is 1.42. The third-order valence-electron chi connectivity index (χ3n) is 5.86. The van der Waals surface area contributed by atoms with Crippen LogP contribution in [0.4, 0.5) is 4.79 Å². The summed E-state index contributed by atoms with van der Waals surface area (Å²) < 4.78 is 33.1. The summed E-state index contributed by atoms with van der Waals surface area (Å²) in [4.78, 5) is 12.5. The van der Waals surface area contributed by atoms with Gasteiger partial charge in [-0.25, -0.2) is 17.9 Å². The van der Waals surface area contributed by atoms with E-state index in [4.69, 9.17) is 4.74 Å². The molecule has 0 radical (unpaired) electrons. The molecule has 0 spiro atoms. The van der Waals surface area contributed by atoms with E-state index < -0.39 is 16.1 Å². The second kappa shape index (κ2) is 11.1. The fourth-order valence-electron chi connectivity index (χ4n) is 4.19. The second-order valence-corrected chi connectivity index (χ2v) is 9.88. The SMILES string of the molecule is O=C(NC1CCCCC1)N[C@@H]1CC[C@H](CCNS(=O)(=O)c2ccccc2)O[C@H]1CO. The zero-order valence-electron chi connectivity index (χ0n) is 17.3. The first kappa shape index (κ1) is 23.0. The van der Waals surface area contributed by atoms with Gasteiger partial charge >= 0.3 is 6.03 Å². The molecule has 1 saturated carbocycles. The quantitative estimate of drug-likeness (QED) is 0.494. The van der Waals surface area contributed by atoms with E-state index in [0.29, 0.717) is 19.3 Å². The van der Waals surface area contributed by atoms with Gasteiger partial charge in [-0.2, -0.15) is 0 Å². The molecule has 0 bridgehead atoms. The van der Waals surface area contributed by atoms with Crippen LogP contribution in [0.15, 0.2) is 35.2 Å². The van der Waals surface area contributed by atoms with Crippen LogP contribution in [-0.4, -0.2) is 57.0 Å². The van der Waals surface area contributed by atoms with Gasteiger partial charge in [0.25, 0.3) is 0 Å². The molecule has 3 rings (SSSR count). The first-order chi connectivity index (χ1) is 14.5. The number of carbonyl (C=O) groups excluding carboxylic acids is 1. The molecular weight excluding hydrogens is 406 g/mol. The molecule has 3 atom stereocenters. The van der Waals surface area contributed by atoms with Gasteiger partial charge < -0.3 is 20.5 Å². The Hall–Kier alpha value is -1.68. The van der Waals surface area contributed by atoms with Crippen LogP contribution in [0.2, 0.25) is 0 Å². The van der Waals surface area contributed by atoms with Crippen LogP contribution in [0.25, 0.3) is 0 Å². The van der Waals surface area contributed by atoms with Crippen LogP contribution < -0.4 is 15.4 Å². The van der Waals surface area contributed by atoms with E-state index in [0.717, 1.165) is 25.7 Å². The fraction of sp³-hybridized carbons (Fsp3) is 0.667. The summed E-state index contributed by atoms with van der Waals surface area (Å²) in [5, 5.41) is 15.7. The molecule has 0 aromatic heterocycles. The molecule has 1 heterocycles. The third kappa shape index (κ3) is 6.66. The highest BCUT2D eigenvalue weighted by Crippen LogP contribution is 2.22. The van der Waals surface area contributed by atoms with Gasteiger partial charge in [-0.3, -0.25) is 0 Å². The average Bonchev–Trinajstić information content (AvgIpc) is 2.76. The maximum Gasteiger partial charge on any atom is 0.315 e. The molecular formula is C21H33N3O5S. The lowest BCUT2D eigenvalue weighted by molar-refractivity contribution is -0.0887. The molecule has 1 aromatic carbocycles. The molecule has 2 fully saturated rings. The van der Waals surface area contributed by atoms with Crippen LogP contribution in [0.5, 0.6) is 0 Å². The van der Waals surface area contributed by atoms with Gasteiger partial charge in [0.15, 0.2) is 0 Å². The Morgan fingerprint density at radius 2 is 1.77 bits per heavy atom. The van der Waals surface area contributed by atoms with E-state index in [1.807, 2.05) is 0 Å². The van der Waals surface area contributed by atoms with Crippen molar-refractivity contribution in [3.8, 4) is 0 Å². The smallest absolute Gasteiger partial charge is 0.315 e. The van der Waals surface area contributed by atoms with Crippen molar-refractivity contribution in [1.82, 2.24) is 15.4 Å². The van der Waals surface area contributed by atoms with Crippen LogP contribution >= 0.6 is 0 Å². The summed E-state index contributed by atoms with van der Waals surface area (Å²) in [5.41, 5.74) is 0. The first-order valence-corrected chi connectivity index (χ1v) is 12.3. The number of sulfonamides is 1. The predicted molar refractivity (Wildman–Crippen MR) is 114 cm³/mol. The molecule has 168 valence electrons. The minimum atomic E-state index is -3.54. The molecule has 1 aliphatic carbocycles. The Kier molecular flexibility index (Phi) is 8.50. The Labute approximate surface area is 178 Å². The zero-order chi connectivity index (χ0) is 21.4. The van der Waals surface area contributed by atoms with Crippen molar-refractivity contribution in [2.24, 2.45) is 0 Å². The topological polar surface area (TPSA) is 117 Å². The standard InChI is InChI=1S/C21H33N3O5S/c25-15-20-19(24-21(26)23-16-7-3-1-4-8-16)12-11-17(29-20)13-14-22-30(27,28)18-9-5-2-6-10-18/h2,5-6,9-10,16-17,19-20,22,25H,1,3-4,7-8,11-15H2,(H2,23,24,26)/t17-,19-,20+/m1/s1. The molecule has 8 nitrogen and oxygen atoms in total. The lowest BCUT2D eigenvalue weighted by Crippen LogP contribution is -2.55. The van der Waals surface area contributed by atoms with Crippen LogP contribution in [0.3, 0.4) is 0 Å². The summed E-state index contributed by atoms with van der Waals surface area (Å²) in [6, 6.07) is 8.00. The molecule has 1 saturated heterocycles. The van der Waals surface area contributed by atoms with Gasteiger partial charge in [0, 0.05) is 12.6 Å². The Bertz CT molecular complexity index is 768. The number of hydrogen-bond acceptors (Lipinski definition) is 5. The number of rotatable bonds is 8. The van der Waals surface area contributed by atoms with E-state index in [2.05, 4.69) is 15.4 Å². The van der Waals surface area contributed by atoms with Crippen LogP contribution in [0, 0.1) is 0 Å². The highest BCUT2D eigenvalue weighted by atomic mass is 32.2. The van der Waals surface area contributed by atoms with Gasteiger partial charge in [0.2, 0.25) is 10.0 Å². The first-order valence-electron chi connectivity index (χ1n) is 10.9. The van der Waals surface area contributed by atoms with E-state index in [-0.39, 0.29) is 42.3 Å². The predicted octanol–water partition coefficient (Wildman–Crippen LogP) is 1.90. The number of benzene rings is 1. The monoisotopic (exact) mass is 439 g/mol. The minimum Gasteiger partial charge on any atom is -0.394 e. The maximum atomic E-state index is 12.3. The summed E-state index contributed by atoms with van der Waals surface area (Å²) in [7, 11) is -3.54. The second-order valence-electron chi connectivity index (χ2n) is 8.12. The van der Waals surface area contributed by atoms with Gasteiger partial charge in [0.1, 0.15) is 6.10 Å². The number of ether oxygens (including phenoxy) is 1. The molecule has 2 aliphatic rings. The van der Waals surface area contributed by atoms with Crippen molar-refractivity contribution in [2.45, 2.75) is 80.6 Å². The third-order valence-corrected chi connectivity index (χ3v) is 7.34. The van der Waals surface area contributed by atoms with Crippen molar-refractivity contribution in [2.75, 3.05) is 13.2 Å². The summed E-state index contributed by atoms with van der Waals surface area (Å²) in [6.07, 6.45) is 6.76. The minimum absolute atomic E-state index is 0.167. The largest absolute Gasteiger partial charge is 0.394 e. The molecule has 1 aromatic rings. The molecule has 1 aliphatic heterocycles. The van der Waals surface area contributed by atoms with Gasteiger partial charge in [-0.05, 0) is 44.2 Å². The summed E-state index contributed by atoms with van der Waals surface area (Å²) >= 11 is 0. The number of urea groups is 1. The van der Waals surface area contributed by atoms with Gasteiger partial charge in [0.05, 0.1) is 23.6 Å². The van der Waals surface area contributed by atoms with Crippen LogP contribution in [-0.2, 0) is 14.8 Å². The van der Waals surface area contributed by atoms with Crippen LogP contribution in [0.1, 0.15) is 51.4 Å². The number of aliphatic hydroxyl groups is 1. The number of nitrogens with one attached hydrogen (secondary N) is 3. The number of amides is 2. The van der Waals surface area contributed by atoms with Crippen molar-refractivity contribution >= 4 is 16.1 Å². The molecule has 4 N–H and O–H groups in total. The van der Waals surface area contributed by atoms with Gasteiger partial charge in [-0.1, -0.05) is 37.5 Å². The van der Waals surface area contributed by atoms with Crippen molar-refractivity contribution in [3.05, 3.63) is 30.3 Å². The van der Waals surface area contributed by atoms with Crippen molar-refractivity contribution in [3.63, 3.8) is 0 Å². The maximum absolute atomic E-state index is 12.3. The van der Waals surface area contributed by atoms with Gasteiger partial charge in [-0.15, -0.1) is 0 Å². The normalized spacial score (nSPS) is 25.6. The zero-order valence-corrected chi connectivity index (χ0v) is 18.1. The molecule has 30 heavy (non-hydrogen) atoms. The van der Waals surface area contributed by atoms with Crippen molar-refractivity contribution in [1.29, 1.82) is 0 Å². The van der Waals surface area contributed by atoms with E-state index >= 15 is 0 Å². The Morgan fingerprint density at radius 1 is 1.03 bits per heavy atom. The summed E-state index contributed by atoms with van der Waals surface area (Å²) in [6.45, 7) is 0.0565. The molecule has 2 amide bonds. The molecule has 0 unspecified atom stereocenters. The highest BCUT2D eigenvalue weighted by Gasteiger charge is 2.32. The fourth-order valence-corrected chi connectivity index (χ4v) is 5.26. The lowest BCUT2D eigenvalue weighted by Gasteiger charge is -2.36. The van der Waals surface area contributed by atoms with E-state index in [1.54, 1.807) is 30.3 Å². The van der Waals surface area contributed by atoms with E-state index in [1.165, 1.54) is 6.42 Å².